The zero-order valence-corrected chi connectivity index (χ0v) is 14.0. The van der Waals surface area contributed by atoms with E-state index in [2.05, 4.69) is 25.5 Å². The van der Waals surface area contributed by atoms with Crippen molar-refractivity contribution in [3.8, 4) is 11.5 Å². The van der Waals surface area contributed by atoms with Crippen LogP contribution in [0.3, 0.4) is 0 Å². The number of hydrogen-bond donors (Lipinski definition) is 1. The van der Waals surface area contributed by atoms with Crippen molar-refractivity contribution in [1.82, 2.24) is 20.2 Å². The van der Waals surface area contributed by atoms with Crippen LogP contribution in [0.15, 0.2) is 35.0 Å². The molecule has 1 aliphatic carbocycles. The van der Waals surface area contributed by atoms with Gasteiger partial charge in [-0.15, -0.1) is 10.2 Å². The van der Waals surface area contributed by atoms with E-state index in [1.807, 2.05) is 0 Å². The van der Waals surface area contributed by atoms with E-state index in [0.29, 0.717) is 0 Å². The molecule has 0 amide bonds. The number of nitrogens with one attached hydrogen (secondary N) is 1. The molecule has 3 aromatic rings. The van der Waals surface area contributed by atoms with Gasteiger partial charge in [-0.2, -0.15) is 8.78 Å². The Morgan fingerprint density at radius 1 is 1.07 bits per heavy atom. The van der Waals surface area contributed by atoms with Crippen molar-refractivity contribution in [3.05, 3.63) is 53.7 Å². The largest absolute Gasteiger partial charge is 0.415 e. The predicted octanol–water partition coefficient (Wildman–Crippen LogP) is 4.18. The van der Waals surface area contributed by atoms with Crippen LogP contribution in [-0.4, -0.2) is 26.3 Å². The molecule has 0 saturated heterocycles. The number of nitrogens with zero attached hydrogens (tertiary/aromatic N) is 4. The molecule has 6 nitrogen and oxygen atoms in total. The van der Waals surface area contributed by atoms with Crippen LogP contribution in [0.25, 0.3) is 11.5 Å². The maximum atomic E-state index is 14.2. The predicted molar refractivity (Wildman–Crippen MR) is 86.1 cm³/mol. The van der Waals surface area contributed by atoms with Crippen molar-refractivity contribution in [3.63, 3.8) is 0 Å². The smallest absolute Gasteiger partial charge is 0.314 e. The summed E-state index contributed by atoms with van der Waals surface area (Å²) in [7, 11) is 0. The molecule has 0 bridgehead atoms. The van der Waals surface area contributed by atoms with Gasteiger partial charge in [0, 0.05) is 30.8 Å². The molecular weight excluding hydrogens is 385 g/mol. The number of rotatable bonds is 5. The van der Waals surface area contributed by atoms with Crippen molar-refractivity contribution in [1.29, 1.82) is 0 Å². The van der Waals surface area contributed by atoms with Crippen LogP contribution in [-0.2, 0) is 5.54 Å². The summed E-state index contributed by atoms with van der Waals surface area (Å²) in [6.07, 6.45) is -2.01. The molecule has 146 valence electrons. The monoisotopic (exact) mass is 397 g/mol. The van der Waals surface area contributed by atoms with E-state index in [-0.39, 0.29) is 35.8 Å². The SMILES string of the molecule is Fc1cccc(F)c1C1(Nc2ncc(-c3nnc(C(F)F)o3)cn2)CC(F)C1. The van der Waals surface area contributed by atoms with Crippen LogP contribution in [0.1, 0.15) is 30.7 Å². The second-order valence-electron chi connectivity index (χ2n) is 6.35. The maximum Gasteiger partial charge on any atom is 0.314 e. The van der Waals surface area contributed by atoms with E-state index in [0.717, 1.165) is 12.1 Å². The maximum absolute atomic E-state index is 14.2. The molecule has 0 aliphatic heterocycles. The fraction of sp³-hybridized carbons (Fsp3) is 0.294. The Hall–Kier alpha value is -3.11. The Kier molecular flexibility index (Phi) is 4.44. The van der Waals surface area contributed by atoms with E-state index in [1.165, 1.54) is 18.5 Å². The summed E-state index contributed by atoms with van der Waals surface area (Å²) >= 11 is 0. The van der Waals surface area contributed by atoms with Crippen molar-refractivity contribution < 1.29 is 26.4 Å². The van der Waals surface area contributed by atoms with Crippen LogP contribution in [0, 0.1) is 11.6 Å². The molecule has 1 aromatic carbocycles. The first kappa shape index (κ1) is 18.3. The molecule has 4 rings (SSSR count). The van der Waals surface area contributed by atoms with Gasteiger partial charge in [-0.25, -0.2) is 23.1 Å². The van der Waals surface area contributed by atoms with E-state index < -0.39 is 35.7 Å². The molecule has 1 fully saturated rings. The Morgan fingerprint density at radius 2 is 1.71 bits per heavy atom. The summed E-state index contributed by atoms with van der Waals surface area (Å²) in [4.78, 5) is 7.96. The molecule has 1 saturated carbocycles. The van der Waals surface area contributed by atoms with E-state index in [4.69, 9.17) is 4.42 Å². The van der Waals surface area contributed by atoms with E-state index >= 15 is 0 Å². The average Bonchev–Trinajstić information content (AvgIpc) is 3.11. The molecule has 1 aliphatic rings. The lowest BCUT2D eigenvalue weighted by atomic mass is 9.70. The van der Waals surface area contributed by atoms with Crippen LogP contribution < -0.4 is 5.32 Å². The molecule has 28 heavy (non-hydrogen) atoms. The van der Waals surface area contributed by atoms with Crippen molar-refractivity contribution in [2.75, 3.05) is 5.32 Å². The van der Waals surface area contributed by atoms with Gasteiger partial charge in [0.1, 0.15) is 17.8 Å². The highest BCUT2D eigenvalue weighted by atomic mass is 19.3. The second kappa shape index (κ2) is 6.80. The van der Waals surface area contributed by atoms with Gasteiger partial charge in [-0.3, -0.25) is 0 Å². The van der Waals surface area contributed by atoms with Crippen molar-refractivity contribution >= 4 is 5.95 Å². The third-order valence-electron chi connectivity index (χ3n) is 4.46. The highest BCUT2D eigenvalue weighted by Crippen LogP contribution is 2.47. The van der Waals surface area contributed by atoms with Crippen molar-refractivity contribution in [2.45, 2.75) is 31.0 Å². The fourth-order valence-electron chi connectivity index (χ4n) is 3.18. The van der Waals surface area contributed by atoms with Crippen LogP contribution in [0.4, 0.5) is 27.9 Å². The number of aromatic nitrogens is 4. The first-order valence-corrected chi connectivity index (χ1v) is 8.19. The standard InChI is InChI=1S/C17H12F5N5O/c18-9-4-17(5-9,12-10(19)2-1-3-11(12)20)25-16-23-6-8(7-24-16)14-26-27-15(28-14)13(21)22/h1-3,6-7,9,13H,4-5H2,(H,23,24,25). The number of alkyl halides is 3. The summed E-state index contributed by atoms with van der Waals surface area (Å²) in [5, 5.41) is 9.47. The molecule has 2 aromatic heterocycles. The Bertz CT molecular complexity index is 968. The van der Waals surface area contributed by atoms with Gasteiger partial charge in [0.15, 0.2) is 0 Å². The van der Waals surface area contributed by atoms with Crippen LogP contribution in [0.5, 0.6) is 0 Å². The number of hydrogen-bond acceptors (Lipinski definition) is 6. The third kappa shape index (κ3) is 3.16. The quantitative estimate of drug-likeness (QED) is 0.651. The van der Waals surface area contributed by atoms with Crippen LogP contribution >= 0.6 is 0 Å². The highest BCUT2D eigenvalue weighted by molar-refractivity contribution is 5.51. The summed E-state index contributed by atoms with van der Waals surface area (Å²) in [5.41, 5.74) is -1.44. The average molecular weight is 397 g/mol. The molecule has 0 unspecified atom stereocenters. The Morgan fingerprint density at radius 3 is 2.25 bits per heavy atom. The molecular formula is C17H12F5N5O. The zero-order chi connectivity index (χ0) is 19.9. The van der Waals surface area contributed by atoms with E-state index in [9.17, 15) is 22.0 Å². The van der Waals surface area contributed by atoms with Gasteiger partial charge in [0.25, 0.3) is 11.8 Å². The molecule has 2 heterocycles. The minimum Gasteiger partial charge on any atom is -0.415 e. The normalized spacial score (nSPS) is 21.6. The highest BCUT2D eigenvalue weighted by Gasteiger charge is 2.49. The Balaban J connectivity index is 1.60. The number of halogens is 5. The van der Waals surface area contributed by atoms with Crippen molar-refractivity contribution in [2.24, 2.45) is 0 Å². The molecule has 11 heteroatoms. The van der Waals surface area contributed by atoms with E-state index in [1.54, 1.807) is 0 Å². The summed E-state index contributed by atoms with van der Waals surface area (Å²) in [5.74, 6) is -2.67. The topological polar surface area (TPSA) is 76.7 Å². The first-order valence-electron chi connectivity index (χ1n) is 8.19. The van der Waals surface area contributed by atoms with Gasteiger partial charge in [-0.05, 0) is 12.1 Å². The lowest BCUT2D eigenvalue weighted by Crippen LogP contribution is -2.50. The van der Waals surface area contributed by atoms with Gasteiger partial charge < -0.3 is 9.73 Å². The first-order chi connectivity index (χ1) is 13.4. The zero-order valence-electron chi connectivity index (χ0n) is 14.0. The van der Waals surface area contributed by atoms with Gasteiger partial charge >= 0.3 is 6.43 Å². The third-order valence-corrected chi connectivity index (χ3v) is 4.46. The lowest BCUT2D eigenvalue weighted by Gasteiger charge is -2.45. The number of anilines is 1. The summed E-state index contributed by atoms with van der Waals surface area (Å²) in [6, 6.07) is 3.40. The van der Waals surface area contributed by atoms with Crippen LogP contribution in [0.2, 0.25) is 0 Å². The lowest BCUT2D eigenvalue weighted by molar-refractivity contribution is 0.108. The summed E-state index contributed by atoms with van der Waals surface area (Å²) in [6.45, 7) is 0. The minimum absolute atomic E-state index is 0.0214. The van der Waals surface area contributed by atoms with Gasteiger partial charge in [0.05, 0.1) is 11.1 Å². The van der Waals surface area contributed by atoms with Gasteiger partial charge in [-0.1, -0.05) is 6.07 Å². The molecule has 0 atom stereocenters. The Labute approximate surface area is 154 Å². The fourth-order valence-corrected chi connectivity index (χ4v) is 3.18. The summed E-state index contributed by atoms with van der Waals surface area (Å²) < 4.78 is 71.9. The van der Waals surface area contributed by atoms with Gasteiger partial charge in [0.2, 0.25) is 5.95 Å². The molecule has 0 radical (unpaired) electrons. The second-order valence-corrected chi connectivity index (χ2v) is 6.35. The number of benzene rings is 1. The minimum atomic E-state index is -2.91. The molecule has 0 spiro atoms. The molecule has 1 N–H and O–H groups in total.